The average molecular weight is 326 g/mol. The molecule has 0 aliphatic rings. The second-order valence-corrected chi connectivity index (χ2v) is 5.11. The van der Waals surface area contributed by atoms with E-state index >= 15 is 0 Å². The Kier molecular flexibility index (Phi) is 3.95. The lowest BCUT2D eigenvalue weighted by Gasteiger charge is -2.09. The molecule has 1 N–H and O–H groups in total. The number of phenols is 1. The minimum atomic E-state index is -0.456. The molecule has 0 atom stereocenters. The monoisotopic (exact) mass is 326 g/mol. The predicted molar refractivity (Wildman–Crippen MR) is 86.7 cm³/mol. The first-order valence-corrected chi connectivity index (χ1v) is 7.12. The molecule has 24 heavy (non-hydrogen) atoms. The molecule has 0 saturated carbocycles. The highest BCUT2D eigenvalue weighted by Gasteiger charge is 2.14. The SMILES string of the molecule is COC(=O)c1ccc(Oc2c(C)oc3cc(O)ccc3c2=O)cc1. The molecular weight excluding hydrogens is 312 g/mol. The smallest absolute Gasteiger partial charge is 0.337 e. The third kappa shape index (κ3) is 2.81. The highest BCUT2D eigenvalue weighted by molar-refractivity contribution is 5.89. The van der Waals surface area contributed by atoms with Gasteiger partial charge in [0.2, 0.25) is 11.2 Å². The van der Waals surface area contributed by atoms with Gasteiger partial charge in [0, 0.05) is 6.07 Å². The molecule has 3 aromatic rings. The van der Waals surface area contributed by atoms with Crippen LogP contribution in [0, 0.1) is 6.92 Å². The summed E-state index contributed by atoms with van der Waals surface area (Å²) in [4.78, 5) is 24.0. The molecule has 1 heterocycles. The van der Waals surface area contributed by atoms with E-state index in [-0.39, 0.29) is 28.3 Å². The quantitative estimate of drug-likeness (QED) is 0.743. The number of aromatic hydroxyl groups is 1. The van der Waals surface area contributed by atoms with E-state index in [0.717, 1.165) is 0 Å². The summed E-state index contributed by atoms with van der Waals surface area (Å²) in [6.45, 7) is 1.60. The summed E-state index contributed by atoms with van der Waals surface area (Å²) in [6.07, 6.45) is 0. The third-order valence-electron chi connectivity index (χ3n) is 3.49. The number of aryl methyl sites for hydroxylation is 1. The molecule has 0 saturated heterocycles. The Bertz CT molecular complexity index is 969. The summed E-state index contributed by atoms with van der Waals surface area (Å²) >= 11 is 0. The van der Waals surface area contributed by atoms with Gasteiger partial charge in [-0.25, -0.2) is 4.79 Å². The zero-order valence-corrected chi connectivity index (χ0v) is 13.0. The molecule has 0 bridgehead atoms. The lowest BCUT2D eigenvalue weighted by atomic mass is 10.2. The number of ether oxygens (including phenoxy) is 2. The van der Waals surface area contributed by atoms with Gasteiger partial charge in [0.15, 0.2) is 0 Å². The summed E-state index contributed by atoms with van der Waals surface area (Å²) < 4.78 is 15.8. The van der Waals surface area contributed by atoms with Gasteiger partial charge in [0.25, 0.3) is 0 Å². The maximum absolute atomic E-state index is 12.5. The van der Waals surface area contributed by atoms with E-state index in [1.807, 2.05) is 0 Å². The number of benzene rings is 2. The fourth-order valence-electron chi connectivity index (χ4n) is 2.29. The molecule has 2 aromatic carbocycles. The van der Waals surface area contributed by atoms with E-state index in [0.29, 0.717) is 16.7 Å². The summed E-state index contributed by atoms with van der Waals surface area (Å²) in [5.74, 6) is 0.283. The van der Waals surface area contributed by atoms with Crippen molar-refractivity contribution in [3.05, 3.63) is 64.0 Å². The van der Waals surface area contributed by atoms with Crippen molar-refractivity contribution in [1.29, 1.82) is 0 Å². The molecule has 6 heteroatoms. The van der Waals surface area contributed by atoms with Crippen LogP contribution in [0.4, 0.5) is 0 Å². The topological polar surface area (TPSA) is 86.0 Å². The van der Waals surface area contributed by atoms with Gasteiger partial charge in [-0.05, 0) is 43.3 Å². The molecule has 122 valence electrons. The average Bonchev–Trinajstić information content (AvgIpc) is 2.58. The first-order chi connectivity index (χ1) is 11.5. The van der Waals surface area contributed by atoms with Gasteiger partial charge in [0.1, 0.15) is 22.8 Å². The van der Waals surface area contributed by atoms with Crippen molar-refractivity contribution in [2.45, 2.75) is 6.92 Å². The van der Waals surface area contributed by atoms with Crippen LogP contribution in [0.3, 0.4) is 0 Å². The van der Waals surface area contributed by atoms with E-state index in [9.17, 15) is 14.7 Å². The van der Waals surface area contributed by atoms with Crippen molar-refractivity contribution >= 4 is 16.9 Å². The molecule has 0 radical (unpaired) electrons. The fraction of sp³-hybridized carbons (Fsp3) is 0.111. The van der Waals surface area contributed by atoms with E-state index in [2.05, 4.69) is 4.74 Å². The van der Waals surface area contributed by atoms with Gasteiger partial charge < -0.3 is 19.0 Å². The Balaban J connectivity index is 1.99. The number of carbonyl (C=O) groups excluding carboxylic acids is 1. The molecule has 0 fully saturated rings. The first-order valence-electron chi connectivity index (χ1n) is 7.12. The summed E-state index contributed by atoms with van der Waals surface area (Å²) in [7, 11) is 1.30. The summed E-state index contributed by atoms with van der Waals surface area (Å²) in [6, 6.07) is 10.5. The van der Waals surface area contributed by atoms with Crippen LogP contribution in [-0.4, -0.2) is 18.2 Å². The highest BCUT2D eigenvalue weighted by atomic mass is 16.5. The van der Waals surface area contributed by atoms with Crippen LogP contribution >= 0.6 is 0 Å². The molecular formula is C18H14O6. The zero-order valence-electron chi connectivity index (χ0n) is 13.0. The Morgan fingerprint density at radius 1 is 1.12 bits per heavy atom. The summed E-state index contributed by atoms with van der Waals surface area (Å²) in [5, 5.41) is 9.78. The number of rotatable bonds is 3. The van der Waals surface area contributed by atoms with Crippen LogP contribution in [0.2, 0.25) is 0 Å². The van der Waals surface area contributed by atoms with Crippen LogP contribution in [-0.2, 0) is 4.74 Å². The molecule has 0 amide bonds. The third-order valence-corrected chi connectivity index (χ3v) is 3.49. The number of hydrogen-bond acceptors (Lipinski definition) is 6. The van der Waals surface area contributed by atoms with E-state index in [1.54, 1.807) is 19.1 Å². The van der Waals surface area contributed by atoms with Crippen molar-refractivity contribution in [3.63, 3.8) is 0 Å². The molecule has 1 aromatic heterocycles. The Morgan fingerprint density at radius 2 is 1.83 bits per heavy atom. The standard InChI is InChI=1S/C18H14O6/c1-10-17(16(20)14-8-5-12(19)9-15(14)23-10)24-13-6-3-11(4-7-13)18(21)22-2/h3-9,19H,1-2H3. The first kappa shape index (κ1) is 15.6. The van der Waals surface area contributed by atoms with Gasteiger partial charge in [-0.2, -0.15) is 0 Å². The van der Waals surface area contributed by atoms with Gasteiger partial charge in [-0.3, -0.25) is 4.79 Å². The van der Waals surface area contributed by atoms with Crippen molar-refractivity contribution < 1.29 is 23.8 Å². The van der Waals surface area contributed by atoms with Gasteiger partial charge in [-0.15, -0.1) is 0 Å². The molecule has 0 spiro atoms. The Labute approximate surface area is 136 Å². The number of fused-ring (bicyclic) bond motifs is 1. The van der Waals surface area contributed by atoms with E-state index < -0.39 is 5.97 Å². The number of esters is 1. The lowest BCUT2D eigenvalue weighted by molar-refractivity contribution is 0.0600. The minimum Gasteiger partial charge on any atom is -0.508 e. The maximum Gasteiger partial charge on any atom is 0.337 e. The molecule has 6 nitrogen and oxygen atoms in total. The number of methoxy groups -OCH3 is 1. The Morgan fingerprint density at radius 3 is 2.50 bits per heavy atom. The second-order valence-electron chi connectivity index (χ2n) is 5.11. The molecule has 0 unspecified atom stereocenters. The van der Waals surface area contributed by atoms with Crippen molar-refractivity contribution in [3.8, 4) is 17.2 Å². The van der Waals surface area contributed by atoms with E-state index in [1.165, 1.54) is 37.4 Å². The minimum absolute atomic E-state index is 0.0112. The number of hydrogen-bond donors (Lipinski definition) is 1. The van der Waals surface area contributed by atoms with Gasteiger partial charge in [-0.1, -0.05) is 0 Å². The zero-order chi connectivity index (χ0) is 17.3. The number of carbonyl (C=O) groups is 1. The van der Waals surface area contributed by atoms with Crippen molar-refractivity contribution in [2.24, 2.45) is 0 Å². The molecule has 0 aliphatic carbocycles. The lowest BCUT2D eigenvalue weighted by Crippen LogP contribution is -2.07. The molecule has 3 rings (SSSR count). The van der Waals surface area contributed by atoms with Crippen LogP contribution in [0.15, 0.2) is 51.7 Å². The van der Waals surface area contributed by atoms with Crippen LogP contribution in [0.1, 0.15) is 16.1 Å². The highest BCUT2D eigenvalue weighted by Crippen LogP contribution is 2.27. The van der Waals surface area contributed by atoms with E-state index in [4.69, 9.17) is 9.15 Å². The van der Waals surface area contributed by atoms with Crippen LogP contribution in [0.5, 0.6) is 17.2 Å². The van der Waals surface area contributed by atoms with Gasteiger partial charge in [0.05, 0.1) is 18.1 Å². The molecule has 0 aliphatic heterocycles. The Hall–Kier alpha value is -3.28. The number of phenolic OH excluding ortho intramolecular Hbond substituents is 1. The van der Waals surface area contributed by atoms with Crippen molar-refractivity contribution in [2.75, 3.05) is 7.11 Å². The van der Waals surface area contributed by atoms with Crippen LogP contribution < -0.4 is 10.2 Å². The largest absolute Gasteiger partial charge is 0.508 e. The van der Waals surface area contributed by atoms with Gasteiger partial charge >= 0.3 is 5.97 Å². The van der Waals surface area contributed by atoms with Crippen molar-refractivity contribution in [1.82, 2.24) is 0 Å². The second kappa shape index (κ2) is 6.08. The summed E-state index contributed by atoms with van der Waals surface area (Å²) in [5.41, 5.74) is 0.319. The maximum atomic E-state index is 12.5. The normalized spacial score (nSPS) is 10.6. The predicted octanol–water partition coefficient (Wildman–Crippen LogP) is 3.39. The fourth-order valence-corrected chi connectivity index (χ4v) is 2.29. The van der Waals surface area contributed by atoms with Crippen LogP contribution in [0.25, 0.3) is 11.0 Å².